The summed E-state index contributed by atoms with van der Waals surface area (Å²) in [5.74, 6) is 0. The van der Waals surface area contributed by atoms with Gasteiger partial charge >= 0.3 is 0 Å². The zero-order chi connectivity index (χ0) is 11.6. The Bertz CT molecular complexity index is 462. The van der Waals surface area contributed by atoms with Crippen LogP contribution in [-0.4, -0.2) is 34.9 Å². The predicted octanol–water partition coefficient (Wildman–Crippen LogP) is -0.858. The fraction of sp³-hybridized carbons (Fsp3) is 0.400. The third-order valence-electron chi connectivity index (χ3n) is 1.43. The third-order valence-corrected chi connectivity index (χ3v) is 3.86. The average molecular weight is 314 g/mol. The minimum absolute atomic E-state index is 0.0600. The van der Waals surface area contributed by atoms with Gasteiger partial charge in [0.25, 0.3) is 10.0 Å². The van der Waals surface area contributed by atoms with Crippen molar-refractivity contribution in [1.29, 1.82) is 0 Å². The first kappa shape index (κ1) is 12.5. The molecule has 0 aliphatic rings. The zero-order valence-corrected chi connectivity index (χ0v) is 10.9. The molecule has 0 saturated heterocycles. The molecule has 0 atom stereocenters. The molecule has 0 spiro atoms. The largest absolute Gasteiger partial charge is 0.392 e. The molecule has 0 amide bonds. The minimum atomic E-state index is -3.70. The number of hydrogen-bond acceptors (Lipinski definition) is 5. The first-order valence-electron chi connectivity index (χ1n) is 3.67. The Morgan fingerprint density at radius 1 is 1.73 bits per heavy atom. The van der Waals surface area contributed by atoms with E-state index in [1.165, 1.54) is 7.05 Å². The Labute approximate surface area is 100 Å². The number of aromatic nitrogens is 3. The Morgan fingerprint density at radius 3 is 2.73 bits per heavy atom. The van der Waals surface area contributed by atoms with Crippen molar-refractivity contribution in [1.82, 2.24) is 19.7 Å². The Hall–Kier alpha value is -0.580. The lowest BCUT2D eigenvalue weighted by Gasteiger charge is -2.05. The van der Waals surface area contributed by atoms with Crippen LogP contribution in [0.4, 0.5) is 0 Å². The molecule has 7 nitrogen and oxygen atoms in total. The van der Waals surface area contributed by atoms with Crippen molar-refractivity contribution < 1.29 is 8.42 Å². The van der Waals surface area contributed by atoms with E-state index in [-0.39, 0.29) is 21.2 Å². The summed E-state index contributed by atoms with van der Waals surface area (Å²) in [4.78, 5) is 0.0600. The summed E-state index contributed by atoms with van der Waals surface area (Å²) >= 11 is 7.54. The van der Waals surface area contributed by atoms with E-state index in [2.05, 4.69) is 43.2 Å². The van der Waals surface area contributed by atoms with Crippen molar-refractivity contribution in [3.8, 4) is 0 Å². The van der Waals surface area contributed by atoms with Crippen LogP contribution in [-0.2, 0) is 17.1 Å². The molecule has 0 aliphatic carbocycles. The van der Waals surface area contributed by atoms with Crippen LogP contribution in [0.3, 0.4) is 0 Å². The Balaban J connectivity index is 3.01. The summed E-state index contributed by atoms with van der Waals surface area (Å²) in [5, 5.41) is 7.03. The molecule has 1 aromatic rings. The molecule has 1 rings (SSSR count). The van der Waals surface area contributed by atoms with Gasteiger partial charge in [0.15, 0.2) is 4.60 Å². The van der Waals surface area contributed by atoms with Gasteiger partial charge in [0, 0.05) is 7.05 Å². The molecule has 15 heavy (non-hydrogen) atoms. The number of nitrogens with two attached hydrogens (primary N) is 1. The van der Waals surface area contributed by atoms with Crippen LogP contribution in [0.2, 0.25) is 0 Å². The number of nitrogens with one attached hydrogen (secondary N) is 1. The quantitative estimate of drug-likeness (QED) is 0.701. The second kappa shape index (κ2) is 4.51. The Kier molecular flexibility index (Phi) is 3.76. The molecule has 1 aromatic heterocycles. The number of rotatable bonds is 4. The molecule has 3 N–H and O–H groups in total. The highest BCUT2D eigenvalue weighted by molar-refractivity contribution is 9.10. The van der Waals surface area contributed by atoms with E-state index in [1.54, 1.807) is 0 Å². The van der Waals surface area contributed by atoms with Gasteiger partial charge in [-0.2, -0.15) is 0 Å². The predicted molar refractivity (Wildman–Crippen MR) is 60.7 cm³/mol. The van der Waals surface area contributed by atoms with Crippen molar-refractivity contribution in [2.24, 2.45) is 12.8 Å². The monoisotopic (exact) mass is 313 g/mol. The molecule has 1 heterocycles. The summed E-state index contributed by atoms with van der Waals surface area (Å²) in [6.07, 6.45) is 0. The summed E-state index contributed by atoms with van der Waals surface area (Å²) in [6.45, 7) is -0.102. The van der Waals surface area contributed by atoms with E-state index in [0.29, 0.717) is 0 Å². The van der Waals surface area contributed by atoms with E-state index in [1.807, 2.05) is 0 Å². The summed E-state index contributed by atoms with van der Waals surface area (Å²) in [5.41, 5.74) is 5.18. The molecule has 0 radical (unpaired) electrons. The molecule has 0 aromatic carbocycles. The SMILES string of the molecule is Cn1nnc(Br)c1S(=O)(=O)NCC(N)=S. The van der Waals surface area contributed by atoms with E-state index in [9.17, 15) is 8.42 Å². The van der Waals surface area contributed by atoms with Crippen LogP contribution >= 0.6 is 28.1 Å². The molecule has 0 aliphatic heterocycles. The smallest absolute Gasteiger partial charge is 0.260 e. The van der Waals surface area contributed by atoms with Gasteiger partial charge in [-0.15, -0.1) is 5.10 Å². The van der Waals surface area contributed by atoms with Gasteiger partial charge in [-0.25, -0.2) is 17.8 Å². The molecular formula is C5H8BrN5O2S2. The molecular weight excluding hydrogens is 306 g/mol. The van der Waals surface area contributed by atoms with Crippen molar-refractivity contribution in [3.05, 3.63) is 4.60 Å². The van der Waals surface area contributed by atoms with Gasteiger partial charge in [-0.3, -0.25) is 0 Å². The van der Waals surface area contributed by atoms with Gasteiger partial charge in [0.05, 0.1) is 11.5 Å². The first-order chi connectivity index (χ1) is 6.84. The average Bonchev–Trinajstić information content (AvgIpc) is 2.43. The molecule has 0 fully saturated rings. The van der Waals surface area contributed by atoms with Crippen LogP contribution in [0, 0.1) is 0 Å². The van der Waals surface area contributed by atoms with Crippen LogP contribution in [0.1, 0.15) is 0 Å². The number of aryl methyl sites for hydroxylation is 1. The maximum absolute atomic E-state index is 11.7. The van der Waals surface area contributed by atoms with Gasteiger partial charge in [-0.1, -0.05) is 17.4 Å². The second-order valence-electron chi connectivity index (χ2n) is 2.60. The third kappa shape index (κ3) is 2.93. The molecule has 0 saturated carbocycles. The molecule has 0 unspecified atom stereocenters. The lowest BCUT2D eigenvalue weighted by Crippen LogP contribution is -2.33. The summed E-state index contributed by atoms with van der Waals surface area (Å²) in [6, 6.07) is 0. The van der Waals surface area contributed by atoms with Crippen LogP contribution < -0.4 is 10.5 Å². The van der Waals surface area contributed by atoms with Gasteiger partial charge in [0.2, 0.25) is 5.03 Å². The zero-order valence-electron chi connectivity index (χ0n) is 7.64. The normalized spacial score (nSPS) is 11.6. The maximum Gasteiger partial charge on any atom is 0.260 e. The standard InChI is InChI=1S/C5H8BrN5O2S2/c1-11-5(4(6)9-10-11)15(12,13)8-2-3(7)14/h8H,2H2,1H3,(H2,7,14). The maximum atomic E-state index is 11.7. The highest BCUT2D eigenvalue weighted by Gasteiger charge is 2.23. The van der Waals surface area contributed by atoms with E-state index in [0.717, 1.165) is 4.68 Å². The van der Waals surface area contributed by atoms with Crippen molar-refractivity contribution >= 4 is 43.2 Å². The number of halogens is 1. The fourth-order valence-electron chi connectivity index (χ4n) is 0.843. The van der Waals surface area contributed by atoms with Crippen LogP contribution in [0.5, 0.6) is 0 Å². The van der Waals surface area contributed by atoms with E-state index in [4.69, 9.17) is 5.73 Å². The molecule has 84 valence electrons. The topological polar surface area (TPSA) is 103 Å². The summed E-state index contributed by atoms with van der Waals surface area (Å²) in [7, 11) is -2.23. The number of sulfonamides is 1. The van der Waals surface area contributed by atoms with Crippen molar-refractivity contribution in [2.75, 3.05) is 6.54 Å². The van der Waals surface area contributed by atoms with Crippen molar-refractivity contribution in [3.63, 3.8) is 0 Å². The van der Waals surface area contributed by atoms with Gasteiger partial charge in [0.1, 0.15) is 0 Å². The molecule has 0 bridgehead atoms. The van der Waals surface area contributed by atoms with Gasteiger partial charge in [-0.05, 0) is 15.9 Å². The van der Waals surface area contributed by atoms with Crippen LogP contribution in [0.25, 0.3) is 0 Å². The van der Waals surface area contributed by atoms with E-state index >= 15 is 0 Å². The Morgan fingerprint density at radius 2 is 2.33 bits per heavy atom. The van der Waals surface area contributed by atoms with Crippen molar-refractivity contribution in [2.45, 2.75) is 5.03 Å². The fourth-order valence-corrected chi connectivity index (χ4v) is 3.10. The van der Waals surface area contributed by atoms with E-state index < -0.39 is 10.0 Å². The highest BCUT2D eigenvalue weighted by Crippen LogP contribution is 2.16. The molecule has 10 heteroatoms. The number of nitrogens with zero attached hydrogens (tertiary/aromatic N) is 3. The van der Waals surface area contributed by atoms with Gasteiger partial charge < -0.3 is 5.73 Å². The lowest BCUT2D eigenvalue weighted by atomic mass is 10.7. The number of hydrogen-bond donors (Lipinski definition) is 2. The second-order valence-corrected chi connectivity index (χ2v) is 5.56. The summed E-state index contributed by atoms with van der Waals surface area (Å²) < 4.78 is 26.9. The number of thiocarbonyl (C=S) groups is 1. The highest BCUT2D eigenvalue weighted by atomic mass is 79.9. The van der Waals surface area contributed by atoms with Crippen LogP contribution in [0.15, 0.2) is 9.63 Å². The minimum Gasteiger partial charge on any atom is -0.392 e. The lowest BCUT2D eigenvalue weighted by molar-refractivity contribution is 0.564. The first-order valence-corrected chi connectivity index (χ1v) is 6.36.